The molecule has 0 aliphatic carbocycles. The summed E-state index contributed by atoms with van der Waals surface area (Å²) in [5.41, 5.74) is 1.93. The zero-order chi connectivity index (χ0) is 9.68. The minimum Gasteiger partial charge on any atom is -0.385 e. The first kappa shape index (κ1) is 10.1. The van der Waals surface area contributed by atoms with Crippen molar-refractivity contribution in [2.45, 2.75) is 13.3 Å². The van der Waals surface area contributed by atoms with Crippen molar-refractivity contribution in [2.75, 3.05) is 11.9 Å². The molecule has 0 aromatic heterocycles. The van der Waals surface area contributed by atoms with E-state index in [1.165, 1.54) is 0 Å². The minimum atomic E-state index is -0.328. The predicted molar refractivity (Wildman–Crippen MR) is 55.2 cm³/mol. The molecule has 0 radical (unpaired) electrons. The van der Waals surface area contributed by atoms with Gasteiger partial charge in [0, 0.05) is 18.7 Å². The quantitative estimate of drug-likeness (QED) is 0.752. The molecule has 1 rings (SSSR count). The highest BCUT2D eigenvalue weighted by Crippen LogP contribution is 2.15. The standard InChI is InChI=1S/C10H12ClNO/c1-2-12-9-6-4-3-5-8(9)7-10(11)13/h3-6,12H,2,7H2,1H3. The molecule has 0 aliphatic heterocycles. The van der Waals surface area contributed by atoms with Crippen molar-refractivity contribution in [1.29, 1.82) is 0 Å². The summed E-state index contributed by atoms with van der Waals surface area (Å²) in [6.07, 6.45) is 0.282. The van der Waals surface area contributed by atoms with Gasteiger partial charge in [0.15, 0.2) is 0 Å². The lowest BCUT2D eigenvalue weighted by atomic mass is 10.1. The van der Waals surface area contributed by atoms with Crippen LogP contribution in [0.2, 0.25) is 0 Å². The summed E-state index contributed by atoms with van der Waals surface area (Å²) in [6, 6.07) is 7.67. The smallest absolute Gasteiger partial charge is 0.226 e. The third-order valence-electron chi connectivity index (χ3n) is 1.71. The van der Waals surface area contributed by atoms with Gasteiger partial charge in [0.05, 0.1) is 0 Å². The van der Waals surface area contributed by atoms with Gasteiger partial charge in [0.2, 0.25) is 5.24 Å². The van der Waals surface area contributed by atoms with Crippen LogP contribution >= 0.6 is 11.6 Å². The van der Waals surface area contributed by atoms with Crippen LogP contribution in [0.25, 0.3) is 0 Å². The molecule has 2 nitrogen and oxygen atoms in total. The van der Waals surface area contributed by atoms with Gasteiger partial charge >= 0.3 is 0 Å². The average molecular weight is 198 g/mol. The number of halogens is 1. The molecule has 0 fully saturated rings. The number of rotatable bonds is 4. The lowest BCUT2D eigenvalue weighted by Crippen LogP contribution is -2.02. The van der Waals surface area contributed by atoms with Gasteiger partial charge in [-0.15, -0.1) is 0 Å². The van der Waals surface area contributed by atoms with Crippen molar-refractivity contribution in [1.82, 2.24) is 0 Å². The predicted octanol–water partition coefficient (Wildman–Crippen LogP) is 2.43. The fourth-order valence-corrected chi connectivity index (χ4v) is 1.33. The number of nitrogens with one attached hydrogen (secondary N) is 1. The van der Waals surface area contributed by atoms with E-state index in [0.29, 0.717) is 0 Å². The van der Waals surface area contributed by atoms with Crippen molar-refractivity contribution >= 4 is 22.5 Å². The first-order valence-corrected chi connectivity index (χ1v) is 4.62. The van der Waals surface area contributed by atoms with Crippen LogP contribution in [0.5, 0.6) is 0 Å². The molecule has 0 saturated carbocycles. The van der Waals surface area contributed by atoms with E-state index in [1.807, 2.05) is 31.2 Å². The largest absolute Gasteiger partial charge is 0.385 e. The van der Waals surface area contributed by atoms with Crippen molar-refractivity contribution in [3.8, 4) is 0 Å². The molecule has 70 valence electrons. The molecule has 0 bridgehead atoms. The summed E-state index contributed by atoms with van der Waals surface area (Å²) in [7, 11) is 0. The summed E-state index contributed by atoms with van der Waals surface area (Å²) in [4.78, 5) is 10.7. The molecule has 0 unspecified atom stereocenters. The second-order valence-electron chi connectivity index (χ2n) is 2.72. The fourth-order valence-electron chi connectivity index (χ4n) is 1.19. The summed E-state index contributed by atoms with van der Waals surface area (Å²) >= 11 is 5.32. The van der Waals surface area contributed by atoms with Gasteiger partial charge in [-0.2, -0.15) is 0 Å². The number of hydrogen-bond donors (Lipinski definition) is 1. The van der Waals surface area contributed by atoms with Gasteiger partial charge in [-0.1, -0.05) is 18.2 Å². The zero-order valence-electron chi connectivity index (χ0n) is 7.51. The third kappa shape index (κ3) is 3.07. The first-order valence-electron chi connectivity index (χ1n) is 4.24. The zero-order valence-corrected chi connectivity index (χ0v) is 8.27. The van der Waals surface area contributed by atoms with E-state index in [-0.39, 0.29) is 11.7 Å². The number of benzene rings is 1. The topological polar surface area (TPSA) is 29.1 Å². The molecule has 1 aromatic rings. The highest BCUT2D eigenvalue weighted by molar-refractivity contribution is 6.63. The molecule has 0 aliphatic rings. The second-order valence-corrected chi connectivity index (χ2v) is 3.14. The lowest BCUT2D eigenvalue weighted by molar-refractivity contribution is -0.111. The Morgan fingerprint density at radius 2 is 2.15 bits per heavy atom. The Bertz CT molecular complexity index is 299. The molecule has 0 amide bonds. The fraction of sp³-hybridized carbons (Fsp3) is 0.300. The average Bonchev–Trinajstić information content (AvgIpc) is 2.08. The van der Waals surface area contributed by atoms with E-state index in [0.717, 1.165) is 17.8 Å². The monoisotopic (exact) mass is 197 g/mol. The Hall–Kier alpha value is -1.02. The maximum absolute atomic E-state index is 10.7. The van der Waals surface area contributed by atoms with Crippen LogP contribution in [0.1, 0.15) is 12.5 Å². The van der Waals surface area contributed by atoms with Crippen LogP contribution in [0.4, 0.5) is 5.69 Å². The van der Waals surface area contributed by atoms with Crippen molar-refractivity contribution in [3.63, 3.8) is 0 Å². The normalized spacial score (nSPS) is 9.69. The Labute approximate surface area is 82.9 Å². The van der Waals surface area contributed by atoms with Gasteiger partial charge in [-0.25, -0.2) is 0 Å². The van der Waals surface area contributed by atoms with Crippen LogP contribution < -0.4 is 5.32 Å². The van der Waals surface area contributed by atoms with Gasteiger partial charge < -0.3 is 5.32 Å². The third-order valence-corrected chi connectivity index (χ3v) is 1.85. The SMILES string of the molecule is CCNc1ccccc1CC(=O)Cl. The highest BCUT2D eigenvalue weighted by Gasteiger charge is 2.03. The molecule has 0 atom stereocenters. The van der Waals surface area contributed by atoms with Gasteiger partial charge in [-0.05, 0) is 30.2 Å². The number of hydrogen-bond acceptors (Lipinski definition) is 2. The van der Waals surface area contributed by atoms with Crippen molar-refractivity contribution in [3.05, 3.63) is 29.8 Å². The van der Waals surface area contributed by atoms with E-state index < -0.39 is 0 Å². The van der Waals surface area contributed by atoms with Crippen molar-refractivity contribution < 1.29 is 4.79 Å². The van der Waals surface area contributed by atoms with Gasteiger partial charge in [0.25, 0.3) is 0 Å². The summed E-state index contributed by atoms with van der Waals surface area (Å²) in [6.45, 7) is 2.85. The van der Waals surface area contributed by atoms with Crippen LogP contribution in [-0.4, -0.2) is 11.8 Å². The van der Waals surface area contributed by atoms with E-state index in [9.17, 15) is 4.79 Å². The summed E-state index contributed by atoms with van der Waals surface area (Å²) in [5.74, 6) is 0. The van der Waals surface area contributed by atoms with Gasteiger partial charge in [0.1, 0.15) is 0 Å². The Kier molecular flexibility index (Phi) is 3.77. The van der Waals surface area contributed by atoms with Gasteiger partial charge in [-0.3, -0.25) is 4.79 Å². The van der Waals surface area contributed by atoms with E-state index in [2.05, 4.69) is 5.32 Å². The maximum atomic E-state index is 10.7. The molecule has 3 heteroatoms. The summed E-state index contributed by atoms with van der Waals surface area (Å²) in [5, 5.41) is 2.84. The summed E-state index contributed by atoms with van der Waals surface area (Å²) < 4.78 is 0. The van der Waals surface area contributed by atoms with Crippen LogP contribution in [0.15, 0.2) is 24.3 Å². The molecular formula is C10H12ClNO. The van der Waals surface area contributed by atoms with E-state index in [1.54, 1.807) is 0 Å². The number of para-hydroxylation sites is 1. The molecule has 0 heterocycles. The first-order chi connectivity index (χ1) is 6.24. The van der Waals surface area contributed by atoms with E-state index >= 15 is 0 Å². The van der Waals surface area contributed by atoms with Crippen LogP contribution in [-0.2, 0) is 11.2 Å². The molecule has 13 heavy (non-hydrogen) atoms. The number of anilines is 1. The Morgan fingerprint density at radius 3 is 2.77 bits per heavy atom. The molecular weight excluding hydrogens is 186 g/mol. The highest BCUT2D eigenvalue weighted by atomic mass is 35.5. The maximum Gasteiger partial charge on any atom is 0.226 e. The Morgan fingerprint density at radius 1 is 1.46 bits per heavy atom. The molecule has 0 saturated heterocycles. The lowest BCUT2D eigenvalue weighted by Gasteiger charge is -2.07. The van der Waals surface area contributed by atoms with Crippen molar-refractivity contribution in [2.24, 2.45) is 0 Å². The van der Waals surface area contributed by atoms with Crippen LogP contribution in [0, 0.1) is 0 Å². The van der Waals surface area contributed by atoms with E-state index in [4.69, 9.17) is 11.6 Å². The Balaban J connectivity index is 2.84. The second kappa shape index (κ2) is 4.87. The van der Waals surface area contributed by atoms with Crippen LogP contribution in [0.3, 0.4) is 0 Å². The molecule has 1 N–H and O–H groups in total. The number of carbonyl (C=O) groups is 1. The molecule has 1 aromatic carbocycles. The number of carbonyl (C=O) groups excluding carboxylic acids is 1. The molecule has 0 spiro atoms. The minimum absolute atomic E-state index is 0.282.